The molecule has 0 radical (unpaired) electrons. The standard InChI is InChI=1S/C27H25F2N5O2/c28-19-11-9-18(10-12-19)26(27(36)30-21-5-1-2-6-21)34(22-15-13-20(29)14-16-22)25(35)17-33-24-8-4-3-7-23(24)31-32-33/h3-4,7-16,21,26H,1-2,5-6,17H2,(H,30,36). The van der Waals surface area contributed by atoms with E-state index in [4.69, 9.17) is 0 Å². The Hall–Kier alpha value is -4.14. The van der Waals surface area contributed by atoms with Crippen molar-refractivity contribution in [1.29, 1.82) is 0 Å². The van der Waals surface area contributed by atoms with Gasteiger partial charge >= 0.3 is 0 Å². The molecule has 1 saturated carbocycles. The molecule has 1 aliphatic carbocycles. The molecule has 1 atom stereocenters. The van der Waals surface area contributed by atoms with Gasteiger partial charge in [-0.2, -0.15) is 0 Å². The number of anilines is 1. The third-order valence-corrected chi connectivity index (χ3v) is 6.47. The predicted molar refractivity (Wildman–Crippen MR) is 131 cm³/mol. The zero-order valence-electron chi connectivity index (χ0n) is 19.5. The van der Waals surface area contributed by atoms with Crippen molar-refractivity contribution in [3.05, 3.63) is 90.0 Å². The van der Waals surface area contributed by atoms with Gasteiger partial charge in [-0.25, -0.2) is 13.5 Å². The molecule has 36 heavy (non-hydrogen) atoms. The second-order valence-electron chi connectivity index (χ2n) is 8.92. The van der Waals surface area contributed by atoms with Gasteiger partial charge < -0.3 is 5.32 Å². The van der Waals surface area contributed by atoms with E-state index in [1.807, 2.05) is 12.1 Å². The van der Waals surface area contributed by atoms with Crippen molar-refractivity contribution in [2.45, 2.75) is 44.3 Å². The molecular formula is C27H25F2N5O2. The number of benzene rings is 3. The Labute approximate surface area is 206 Å². The summed E-state index contributed by atoms with van der Waals surface area (Å²) in [5.41, 5.74) is 2.07. The maximum Gasteiger partial charge on any atom is 0.249 e. The Kier molecular flexibility index (Phi) is 6.71. The van der Waals surface area contributed by atoms with Gasteiger partial charge in [0.2, 0.25) is 11.8 Å². The Morgan fingerprint density at radius 1 is 0.944 bits per heavy atom. The van der Waals surface area contributed by atoms with Gasteiger partial charge in [0.25, 0.3) is 0 Å². The number of hydrogen-bond acceptors (Lipinski definition) is 4. The van der Waals surface area contributed by atoms with Crippen molar-refractivity contribution >= 4 is 28.5 Å². The normalized spacial score (nSPS) is 14.6. The molecule has 1 aromatic heterocycles. The van der Waals surface area contributed by atoms with Crippen LogP contribution in [0.4, 0.5) is 14.5 Å². The number of hydrogen-bond donors (Lipinski definition) is 1. The largest absolute Gasteiger partial charge is 0.351 e. The van der Waals surface area contributed by atoms with E-state index >= 15 is 0 Å². The SMILES string of the molecule is O=C(NC1CCCC1)C(c1ccc(F)cc1)N(C(=O)Cn1nnc2ccccc21)c1ccc(F)cc1. The monoisotopic (exact) mass is 489 g/mol. The van der Waals surface area contributed by atoms with Crippen molar-refractivity contribution in [2.75, 3.05) is 4.90 Å². The van der Waals surface area contributed by atoms with Gasteiger partial charge in [-0.3, -0.25) is 14.5 Å². The molecular weight excluding hydrogens is 464 g/mol. The van der Waals surface area contributed by atoms with E-state index in [9.17, 15) is 18.4 Å². The van der Waals surface area contributed by atoms with Crippen LogP contribution in [0.2, 0.25) is 0 Å². The minimum Gasteiger partial charge on any atom is -0.351 e. The van der Waals surface area contributed by atoms with Crippen molar-refractivity contribution < 1.29 is 18.4 Å². The van der Waals surface area contributed by atoms with E-state index in [2.05, 4.69) is 15.6 Å². The fourth-order valence-corrected chi connectivity index (χ4v) is 4.69. The smallest absolute Gasteiger partial charge is 0.249 e. The molecule has 1 N–H and O–H groups in total. The lowest BCUT2D eigenvalue weighted by molar-refractivity contribution is -0.127. The number of carbonyl (C=O) groups is 2. The van der Waals surface area contributed by atoms with Gasteiger partial charge in [-0.1, -0.05) is 42.3 Å². The number of fused-ring (bicyclic) bond motifs is 1. The first-order chi connectivity index (χ1) is 17.5. The highest BCUT2D eigenvalue weighted by molar-refractivity contribution is 6.01. The van der Waals surface area contributed by atoms with Gasteiger partial charge in [-0.05, 0) is 66.9 Å². The molecule has 0 saturated heterocycles. The molecule has 0 spiro atoms. The minimum absolute atomic E-state index is 0.00452. The molecule has 1 unspecified atom stereocenters. The highest BCUT2D eigenvalue weighted by atomic mass is 19.1. The summed E-state index contributed by atoms with van der Waals surface area (Å²) in [4.78, 5) is 28.9. The van der Waals surface area contributed by atoms with Gasteiger partial charge in [0.05, 0.1) is 5.52 Å². The lowest BCUT2D eigenvalue weighted by atomic mass is 10.0. The number of carbonyl (C=O) groups excluding carboxylic acids is 2. The highest BCUT2D eigenvalue weighted by Crippen LogP contribution is 2.30. The summed E-state index contributed by atoms with van der Waals surface area (Å²) in [5.74, 6) is -1.76. The summed E-state index contributed by atoms with van der Waals surface area (Å²) in [7, 11) is 0. The number of amides is 2. The van der Waals surface area contributed by atoms with Crippen LogP contribution in [0.25, 0.3) is 11.0 Å². The molecule has 1 aliphatic rings. The Morgan fingerprint density at radius 2 is 1.58 bits per heavy atom. The summed E-state index contributed by atoms with van der Waals surface area (Å²) < 4.78 is 29.0. The van der Waals surface area contributed by atoms with Crippen LogP contribution >= 0.6 is 0 Å². The fraction of sp³-hybridized carbons (Fsp3) is 0.259. The Balaban J connectivity index is 1.56. The van der Waals surface area contributed by atoms with Gasteiger partial charge in [0.1, 0.15) is 29.7 Å². The van der Waals surface area contributed by atoms with Crippen LogP contribution in [-0.4, -0.2) is 32.9 Å². The van der Waals surface area contributed by atoms with E-state index in [0.717, 1.165) is 25.7 Å². The predicted octanol–water partition coefficient (Wildman–Crippen LogP) is 4.54. The second-order valence-corrected chi connectivity index (χ2v) is 8.92. The summed E-state index contributed by atoms with van der Waals surface area (Å²) in [6.07, 6.45) is 3.76. The van der Waals surface area contributed by atoms with Crippen LogP contribution in [0.3, 0.4) is 0 Å². The number of nitrogens with zero attached hydrogens (tertiary/aromatic N) is 4. The summed E-state index contributed by atoms with van der Waals surface area (Å²) in [6, 6.07) is 17.0. The molecule has 7 nitrogen and oxygen atoms in total. The number of rotatable bonds is 7. The summed E-state index contributed by atoms with van der Waals surface area (Å²) >= 11 is 0. The van der Waals surface area contributed by atoms with E-state index in [0.29, 0.717) is 22.3 Å². The first kappa shape index (κ1) is 23.6. The second kappa shape index (κ2) is 10.2. The average Bonchev–Trinajstić information content (AvgIpc) is 3.54. The molecule has 0 aliphatic heterocycles. The van der Waals surface area contributed by atoms with Crippen LogP contribution < -0.4 is 10.2 Å². The Morgan fingerprint density at radius 3 is 2.28 bits per heavy atom. The van der Waals surface area contributed by atoms with Crippen LogP contribution in [0.5, 0.6) is 0 Å². The topological polar surface area (TPSA) is 80.1 Å². The molecule has 3 aromatic carbocycles. The van der Waals surface area contributed by atoms with Crippen molar-refractivity contribution in [2.24, 2.45) is 0 Å². The van der Waals surface area contributed by atoms with Crippen LogP contribution in [0, 0.1) is 11.6 Å². The lowest BCUT2D eigenvalue weighted by Gasteiger charge is -2.32. The van der Waals surface area contributed by atoms with E-state index in [1.54, 1.807) is 12.1 Å². The average molecular weight is 490 g/mol. The number of para-hydroxylation sites is 1. The lowest BCUT2D eigenvalue weighted by Crippen LogP contribution is -2.47. The highest BCUT2D eigenvalue weighted by Gasteiger charge is 2.34. The maximum absolute atomic E-state index is 13.9. The van der Waals surface area contributed by atoms with Crippen LogP contribution in [0.1, 0.15) is 37.3 Å². The molecule has 4 aromatic rings. The van der Waals surface area contributed by atoms with E-state index in [1.165, 1.54) is 58.1 Å². The molecule has 5 rings (SSSR count). The zero-order chi connectivity index (χ0) is 25.1. The molecule has 184 valence electrons. The van der Waals surface area contributed by atoms with Gasteiger partial charge in [0, 0.05) is 11.7 Å². The number of nitrogens with one attached hydrogen (secondary N) is 1. The van der Waals surface area contributed by atoms with E-state index < -0.39 is 23.6 Å². The third kappa shape index (κ3) is 4.95. The van der Waals surface area contributed by atoms with Crippen molar-refractivity contribution in [1.82, 2.24) is 20.3 Å². The van der Waals surface area contributed by atoms with Crippen LogP contribution in [-0.2, 0) is 16.1 Å². The Bertz CT molecular complexity index is 1370. The quantitative estimate of drug-likeness (QED) is 0.413. The van der Waals surface area contributed by atoms with Crippen molar-refractivity contribution in [3.63, 3.8) is 0 Å². The number of halogens is 2. The first-order valence-corrected chi connectivity index (χ1v) is 11.9. The summed E-state index contributed by atoms with van der Waals surface area (Å²) in [5, 5.41) is 11.3. The first-order valence-electron chi connectivity index (χ1n) is 11.9. The maximum atomic E-state index is 13.9. The third-order valence-electron chi connectivity index (χ3n) is 6.47. The molecule has 1 fully saturated rings. The fourth-order valence-electron chi connectivity index (χ4n) is 4.69. The van der Waals surface area contributed by atoms with Gasteiger partial charge in [-0.15, -0.1) is 5.10 Å². The zero-order valence-corrected chi connectivity index (χ0v) is 19.5. The molecule has 0 bridgehead atoms. The molecule has 2 amide bonds. The van der Waals surface area contributed by atoms with Crippen LogP contribution in [0.15, 0.2) is 72.8 Å². The molecule has 1 heterocycles. The molecule has 9 heteroatoms. The van der Waals surface area contributed by atoms with Gasteiger partial charge in [0.15, 0.2) is 0 Å². The summed E-state index contributed by atoms with van der Waals surface area (Å²) in [6.45, 7) is -0.202. The van der Waals surface area contributed by atoms with E-state index in [-0.39, 0.29) is 18.5 Å². The minimum atomic E-state index is -1.10. The van der Waals surface area contributed by atoms with Crippen molar-refractivity contribution in [3.8, 4) is 0 Å². The number of aromatic nitrogens is 3.